The molecular weight excluding hydrogens is 268 g/mol. The van der Waals surface area contributed by atoms with Crippen LogP contribution in [-0.4, -0.2) is 37.2 Å². The van der Waals surface area contributed by atoms with Gasteiger partial charge in [0.15, 0.2) is 5.17 Å². The van der Waals surface area contributed by atoms with E-state index in [-0.39, 0.29) is 0 Å². The first-order valence-electron chi connectivity index (χ1n) is 8.19. The van der Waals surface area contributed by atoms with Crippen LogP contribution in [-0.2, 0) is 4.74 Å². The topological polar surface area (TPSA) is 33.6 Å². The summed E-state index contributed by atoms with van der Waals surface area (Å²) in [5.74, 6) is 1.90. The van der Waals surface area contributed by atoms with E-state index in [1.54, 1.807) is 0 Å². The number of hydrogen-bond acceptors (Lipinski definition) is 4. The van der Waals surface area contributed by atoms with Crippen LogP contribution in [0, 0.1) is 11.3 Å². The highest BCUT2D eigenvalue weighted by Gasteiger charge is 2.34. The quantitative estimate of drug-likeness (QED) is 0.759. The maximum absolute atomic E-state index is 5.59. The highest BCUT2D eigenvalue weighted by Crippen LogP contribution is 2.41. The van der Waals surface area contributed by atoms with Gasteiger partial charge in [0, 0.05) is 32.1 Å². The van der Waals surface area contributed by atoms with E-state index in [0.717, 1.165) is 37.9 Å². The van der Waals surface area contributed by atoms with Crippen LogP contribution in [0.25, 0.3) is 0 Å². The minimum atomic E-state index is 0.536. The monoisotopic (exact) mass is 298 g/mol. The maximum Gasteiger partial charge on any atom is 0.156 e. The highest BCUT2D eigenvalue weighted by atomic mass is 32.2. The summed E-state index contributed by atoms with van der Waals surface area (Å²) in [6.07, 6.45) is 8.09. The van der Waals surface area contributed by atoms with Gasteiger partial charge in [0.05, 0.1) is 0 Å². The van der Waals surface area contributed by atoms with E-state index in [4.69, 9.17) is 9.73 Å². The van der Waals surface area contributed by atoms with Gasteiger partial charge in [-0.2, -0.15) is 0 Å². The lowest BCUT2D eigenvalue weighted by Gasteiger charge is -2.38. The summed E-state index contributed by atoms with van der Waals surface area (Å²) < 4.78 is 5.59. The summed E-state index contributed by atoms with van der Waals surface area (Å²) in [7, 11) is 0. The molecule has 3 nitrogen and oxygen atoms in total. The number of rotatable bonds is 6. The molecule has 0 aromatic carbocycles. The minimum Gasteiger partial charge on any atom is -0.381 e. The third-order valence-electron chi connectivity index (χ3n) is 4.18. The highest BCUT2D eigenvalue weighted by molar-refractivity contribution is 8.13. The lowest BCUT2D eigenvalue weighted by Crippen LogP contribution is -2.37. The predicted octanol–water partition coefficient (Wildman–Crippen LogP) is 3.69. The molecule has 1 heterocycles. The van der Waals surface area contributed by atoms with Gasteiger partial charge in [-0.1, -0.05) is 44.9 Å². The molecule has 0 bridgehead atoms. The first-order valence-corrected chi connectivity index (χ1v) is 9.18. The third-order valence-corrected chi connectivity index (χ3v) is 5.48. The Kier molecular flexibility index (Phi) is 6.69. The Balaban J connectivity index is 1.58. The van der Waals surface area contributed by atoms with Gasteiger partial charge in [-0.05, 0) is 30.6 Å². The molecule has 0 radical (unpaired) electrons. The van der Waals surface area contributed by atoms with Gasteiger partial charge in [-0.15, -0.1) is 0 Å². The standard InChI is InChI=1S/C16H30N2OS/c1-14(2)11-19-10-6-9-17-15-18-12-16(13-20-15)7-4-3-5-8-16/h14H,3-13H2,1-2H3,(H,17,18). The van der Waals surface area contributed by atoms with Crippen LogP contribution in [0.5, 0.6) is 0 Å². The summed E-state index contributed by atoms with van der Waals surface area (Å²) in [6.45, 7) is 8.13. The lowest BCUT2D eigenvalue weighted by atomic mass is 9.75. The second kappa shape index (κ2) is 8.28. The van der Waals surface area contributed by atoms with Gasteiger partial charge in [-0.3, -0.25) is 4.99 Å². The van der Waals surface area contributed by atoms with Crippen molar-refractivity contribution in [2.75, 3.05) is 32.1 Å². The zero-order valence-corrected chi connectivity index (χ0v) is 13.9. The Labute approximate surface area is 128 Å². The summed E-state index contributed by atoms with van der Waals surface area (Å²) in [6, 6.07) is 0. The Bertz CT molecular complexity index is 312. The second-order valence-electron chi connectivity index (χ2n) is 6.72. The molecule has 0 aromatic heterocycles. The molecule has 1 N–H and O–H groups in total. The molecule has 1 aliphatic carbocycles. The summed E-state index contributed by atoms with van der Waals surface area (Å²) >= 11 is 1.94. The molecule has 116 valence electrons. The van der Waals surface area contributed by atoms with Gasteiger partial charge in [0.25, 0.3) is 0 Å². The average Bonchev–Trinajstić information content (AvgIpc) is 2.45. The molecule has 0 amide bonds. The van der Waals surface area contributed by atoms with E-state index < -0.39 is 0 Å². The number of ether oxygens (including phenoxy) is 1. The molecule has 4 heteroatoms. The molecule has 1 spiro atoms. The largest absolute Gasteiger partial charge is 0.381 e. The van der Waals surface area contributed by atoms with Crippen molar-refractivity contribution in [2.45, 2.75) is 52.4 Å². The normalized spacial score (nSPS) is 22.1. The molecule has 2 aliphatic rings. The van der Waals surface area contributed by atoms with Gasteiger partial charge in [0.2, 0.25) is 0 Å². The molecular formula is C16H30N2OS. The van der Waals surface area contributed by atoms with Crippen LogP contribution in [0.1, 0.15) is 52.4 Å². The fraction of sp³-hybridized carbons (Fsp3) is 0.938. The van der Waals surface area contributed by atoms with Gasteiger partial charge < -0.3 is 10.1 Å². The lowest BCUT2D eigenvalue weighted by molar-refractivity contribution is 0.108. The van der Waals surface area contributed by atoms with E-state index >= 15 is 0 Å². The van der Waals surface area contributed by atoms with Crippen LogP contribution in [0.2, 0.25) is 0 Å². The fourth-order valence-electron chi connectivity index (χ4n) is 2.95. The summed E-state index contributed by atoms with van der Waals surface area (Å²) in [5, 5.41) is 4.62. The molecule has 20 heavy (non-hydrogen) atoms. The summed E-state index contributed by atoms with van der Waals surface area (Å²) in [4.78, 5) is 4.78. The van der Waals surface area contributed by atoms with Crippen LogP contribution < -0.4 is 5.32 Å². The molecule has 1 saturated carbocycles. The van der Waals surface area contributed by atoms with Gasteiger partial charge in [0.1, 0.15) is 0 Å². The molecule has 0 aromatic rings. The SMILES string of the molecule is CC(C)COCCCNC1=NCC2(CCCCC2)CS1. The van der Waals surface area contributed by atoms with E-state index in [1.165, 1.54) is 37.9 Å². The van der Waals surface area contributed by atoms with Crippen molar-refractivity contribution >= 4 is 16.9 Å². The van der Waals surface area contributed by atoms with Gasteiger partial charge >= 0.3 is 0 Å². The second-order valence-corrected chi connectivity index (χ2v) is 7.68. The summed E-state index contributed by atoms with van der Waals surface area (Å²) in [5.41, 5.74) is 0.536. The van der Waals surface area contributed by atoms with E-state index in [2.05, 4.69) is 19.2 Å². The maximum atomic E-state index is 5.59. The first kappa shape index (κ1) is 16.2. The molecule has 0 atom stereocenters. The number of thioether (sulfide) groups is 1. The van der Waals surface area contributed by atoms with Crippen LogP contribution in [0.3, 0.4) is 0 Å². The Morgan fingerprint density at radius 2 is 2.10 bits per heavy atom. The first-order chi connectivity index (χ1) is 9.70. The van der Waals surface area contributed by atoms with E-state index in [1.807, 2.05) is 11.8 Å². The number of amidine groups is 1. The van der Waals surface area contributed by atoms with Gasteiger partial charge in [-0.25, -0.2) is 0 Å². The number of hydrogen-bond donors (Lipinski definition) is 1. The minimum absolute atomic E-state index is 0.536. The van der Waals surface area contributed by atoms with Crippen LogP contribution in [0.15, 0.2) is 4.99 Å². The Morgan fingerprint density at radius 3 is 2.75 bits per heavy atom. The number of nitrogens with zero attached hydrogens (tertiary/aromatic N) is 1. The van der Waals surface area contributed by atoms with E-state index in [0.29, 0.717) is 11.3 Å². The molecule has 0 saturated heterocycles. The molecule has 0 unspecified atom stereocenters. The zero-order chi connectivity index (χ0) is 14.3. The van der Waals surface area contributed by atoms with Crippen molar-refractivity contribution in [3.05, 3.63) is 0 Å². The van der Waals surface area contributed by atoms with Crippen LogP contribution in [0.4, 0.5) is 0 Å². The fourth-order valence-corrected chi connectivity index (χ4v) is 4.13. The van der Waals surface area contributed by atoms with Crippen LogP contribution >= 0.6 is 11.8 Å². The van der Waals surface area contributed by atoms with Crippen molar-refractivity contribution in [3.63, 3.8) is 0 Å². The molecule has 1 aliphatic heterocycles. The molecule has 2 rings (SSSR count). The van der Waals surface area contributed by atoms with Crippen molar-refractivity contribution in [1.29, 1.82) is 0 Å². The Morgan fingerprint density at radius 1 is 1.30 bits per heavy atom. The molecule has 1 fully saturated rings. The Hall–Kier alpha value is -0.220. The third kappa shape index (κ3) is 5.28. The number of nitrogens with one attached hydrogen (secondary N) is 1. The van der Waals surface area contributed by atoms with Crippen molar-refractivity contribution in [1.82, 2.24) is 5.32 Å². The number of aliphatic imine (C=N–C) groups is 1. The predicted molar refractivity (Wildman–Crippen MR) is 88.6 cm³/mol. The average molecular weight is 298 g/mol. The van der Waals surface area contributed by atoms with Crippen molar-refractivity contribution in [3.8, 4) is 0 Å². The zero-order valence-electron chi connectivity index (χ0n) is 13.1. The smallest absolute Gasteiger partial charge is 0.156 e. The van der Waals surface area contributed by atoms with Crippen molar-refractivity contribution < 1.29 is 4.74 Å². The van der Waals surface area contributed by atoms with Crippen molar-refractivity contribution in [2.24, 2.45) is 16.3 Å². The van der Waals surface area contributed by atoms with E-state index in [9.17, 15) is 0 Å².